The lowest BCUT2D eigenvalue weighted by Crippen LogP contribution is -2.47. The van der Waals surface area contributed by atoms with Crippen molar-refractivity contribution in [3.63, 3.8) is 0 Å². The highest BCUT2D eigenvalue weighted by Crippen LogP contribution is 2.47. The minimum atomic E-state index is 0.466. The molecule has 0 spiro atoms. The van der Waals surface area contributed by atoms with Crippen molar-refractivity contribution in [1.82, 2.24) is 4.90 Å². The highest BCUT2D eigenvalue weighted by Gasteiger charge is 2.45. The Bertz CT molecular complexity index is 304. The van der Waals surface area contributed by atoms with E-state index in [0.29, 0.717) is 5.54 Å². The molecule has 3 rings (SSSR count). The molecule has 0 aromatic carbocycles. The van der Waals surface area contributed by atoms with Crippen LogP contribution in [0.4, 0.5) is 0 Å². The number of fused-ring (bicyclic) bond motifs is 2. The molecule has 1 saturated heterocycles. The quantitative estimate of drug-likeness (QED) is 0.548. The van der Waals surface area contributed by atoms with Crippen molar-refractivity contribution in [3.05, 3.63) is 11.1 Å². The molecular formula is C14H23N. The Balaban J connectivity index is 1.99. The van der Waals surface area contributed by atoms with Gasteiger partial charge in [0.2, 0.25) is 0 Å². The molecular weight excluding hydrogens is 182 g/mol. The first-order valence-corrected chi connectivity index (χ1v) is 6.66. The molecule has 0 radical (unpaired) electrons. The van der Waals surface area contributed by atoms with Crippen LogP contribution in [0.1, 0.15) is 52.4 Å². The van der Waals surface area contributed by atoms with Crippen molar-refractivity contribution in [2.45, 2.75) is 57.9 Å². The molecule has 2 atom stereocenters. The maximum atomic E-state index is 2.77. The molecule has 1 nitrogen and oxygen atoms in total. The molecule has 2 heterocycles. The van der Waals surface area contributed by atoms with E-state index in [-0.39, 0.29) is 0 Å². The van der Waals surface area contributed by atoms with E-state index in [0.717, 1.165) is 5.92 Å². The fraction of sp³-hybridized carbons (Fsp3) is 0.857. The van der Waals surface area contributed by atoms with Gasteiger partial charge in [-0.3, -0.25) is 4.90 Å². The zero-order chi connectivity index (χ0) is 10.5. The maximum absolute atomic E-state index is 2.77. The summed E-state index contributed by atoms with van der Waals surface area (Å²) in [6.07, 6.45) is 8.48. The number of hydrogen-bond donors (Lipinski definition) is 0. The number of rotatable bonds is 0. The molecule has 0 bridgehead atoms. The standard InChI is InChI=1S/C14H23N/c1-11-9-14(2)13-6-4-3-5-12(13)7-8-15(14)10-11/h11H,3-10H2,1-2H3/t11-,14-/m1/s1. The molecule has 15 heavy (non-hydrogen) atoms. The van der Waals surface area contributed by atoms with Crippen LogP contribution in [0.15, 0.2) is 11.1 Å². The summed E-state index contributed by atoms with van der Waals surface area (Å²) in [6, 6.07) is 0. The Morgan fingerprint density at radius 1 is 1.20 bits per heavy atom. The van der Waals surface area contributed by atoms with E-state index in [1.807, 2.05) is 11.1 Å². The third-order valence-corrected chi connectivity index (χ3v) is 4.89. The average molecular weight is 205 g/mol. The molecule has 84 valence electrons. The van der Waals surface area contributed by atoms with Crippen molar-refractivity contribution in [3.8, 4) is 0 Å². The Morgan fingerprint density at radius 3 is 2.87 bits per heavy atom. The molecule has 3 aliphatic rings. The van der Waals surface area contributed by atoms with Crippen LogP contribution in [0.25, 0.3) is 0 Å². The van der Waals surface area contributed by atoms with Crippen molar-refractivity contribution in [1.29, 1.82) is 0 Å². The van der Waals surface area contributed by atoms with Gasteiger partial charge < -0.3 is 0 Å². The normalized spacial score (nSPS) is 41.6. The summed E-state index contributed by atoms with van der Waals surface area (Å²) in [7, 11) is 0. The molecule has 2 aliphatic heterocycles. The van der Waals surface area contributed by atoms with Gasteiger partial charge in [0.05, 0.1) is 0 Å². The zero-order valence-electron chi connectivity index (χ0n) is 10.2. The van der Waals surface area contributed by atoms with Gasteiger partial charge in [-0.05, 0) is 51.4 Å². The SMILES string of the molecule is C[C@H]1CN2CCC3=C(CCCC3)[C@@]2(C)C1. The summed E-state index contributed by atoms with van der Waals surface area (Å²) < 4.78 is 0. The lowest BCUT2D eigenvalue weighted by atomic mass is 9.74. The topological polar surface area (TPSA) is 3.24 Å². The van der Waals surface area contributed by atoms with E-state index < -0.39 is 0 Å². The van der Waals surface area contributed by atoms with E-state index >= 15 is 0 Å². The molecule has 0 aromatic heterocycles. The molecule has 0 aromatic rings. The van der Waals surface area contributed by atoms with Crippen molar-refractivity contribution in [2.24, 2.45) is 5.92 Å². The summed E-state index contributed by atoms with van der Waals surface area (Å²) in [5.74, 6) is 0.906. The summed E-state index contributed by atoms with van der Waals surface area (Å²) in [5.41, 5.74) is 4.16. The van der Waals surface area contributed by atoms with Crippen molar-refractivity contribution >= 4 is 0 Å². The van der Waals surface area contributed by atoms with E-state index in [2.05, 4.69) is 18.7 Å². The average Bonchev–Trinajstić information content (AvgIpc) is 2.53. The molecule has 1 aliphatic carbocycles. The van der Waals surface area contributed by atoms with Gasteiger partial charge >= 0.3 is 0 Å². The third kappa shape index (κ3) is 1.39. The molecule has 1 heteroatoms. The van der Waals surface area contributed by atoms with Crippen LogP contribution >= 0.6 is 0 Å². The van der Waals surface area contributed by atoms with Gasteiger partial charge in [0.1, 0.15) is 0 Å². The second-order valence-corrected chi connectivity index (χ2v) is 6.07. The molecule has 0 N–H and O–H groups in total. The van der Waals surface area contributed by atoms with Crippen LogP contribution in [-0.2, 0) is 0 Å². The lowest BCUT2D eigenvalue weighted by molar-refractivity contribution is 0.166. The molecule has 0 unspecified atom stereocenters. The van der Waals surface area contributed by atoms with Crippen LogP contribution in [0.5, 0.6) is 0 Å². The van der Waals surface area contributed by atoms with Gasteiger partial charge in [0.25, 0.3) is 0 Å². The summed E-state index contributed by atoms with van der Waals surface area (Å²) >= 11 is 0. The predicted octanol–water partition coefficient (Wildman–Crippen LogP) is 3.36. The van der Waals surface area contributed by atoms with Crippen molar-refractivity contribution < 1.29 is 0 Å². The molecule has 1 fully saturated rings. The highest BCUT2D eigenvalue weighted by atomic mass is 15.2. The summed E-state index contributed by atoms with van der Waals surface area (Å²) in [4.78, 5) is 2.77. The third-order valence-electron chi connectivity index (χ3n) is 4.89. The number of hydrogen-bond acceptors (Lipinski definition) is 1. The first kappa shape index (κ1) is 9.89. The van der Waals surface area contributed by atoms with E-state index in [9.17, 15) is 0 Å². The van der Waals surface area contributed by atoms with Crippen LogP contribution in [0, 0.1) is 5.92 Å². The minimum Gasteiger partial charge on any atom is -0.294 e. The van der Waals surface area contributed by atoms with Crippen LogP contribution in [0.3, 0.4) is 0 Å². The summed E-state index contributed by atoms with van der Waals surface area (Å²) in [5, 5.41) is 0. The maximum Gasteiger partial charge on any atom is 0.0398 e. The Hall–Kier alpha value is -0.300. The monoisotopic (exact) mass is 205 g/mol. The van der Waals surface area contributed by atoms with Crippen LogP contribution in [-0.4, -0.2) is 23.5 Å². The molecule has 0 amide bonds. The summed E-state index contributed by atoms with van der Waals surface area (Å²) in [6.45, 7) is 7.61. The highest BCUT2D eigenvalue weighted by molar-refractivity contribution is 5.32. The number of nitrogens with zero attached hydrogens (tertiary/aromatic N) is 1. The molecule has 0 saturated carbocycles. The Morgan fingerprint density at radius 2 is 2.00 bits per heavy atom. The fourth-order valence-corrected chi connectivity index (χ4v) is 4.27. The van der Waals surface area contributed by atoms with Gasteiger partial charge in [-0.1, -0.05) is 18.1 Å². The minimum absolute atomic E-state index is 0.466. The van der Waals surface area contributed by atoms with Gasteiger partial charge in [-0.15, -0.1) is 0 Å². The predicted molar refractivity (Wildman–Crippen MR) is 63.9 cm³/mol. The van der Waals surface area contributed by atoms with Gasteiger partial charge in [0, 0.05) is 18.6 Å². The van der Waals surface area contributed by atoms with Crippen molar-refractivity contribution in [2.75, 3.05) is 13.1 Å². The van der Waals surface area contributed by atoms with Gasteiger partial charge in [0.15, 0.2) is 0 Å². The van der Waals surface area contributed by atoms with Gasteiger partial charge in [-0.25, -0.2) is 0 Å². The van der Waals surface area contributed by atoms with Gasteiger partial charge in [-0.2, -0.15) is 0 Å². The Labute approximate surface area is 93.5 Å². The van der Waals surface area contributed by atoms with E-state index in [1.165, 1.54) is 51.6 Å². The van der Waals surface area contributed by atoms with E-state index in [1.54, 1.807) is 0 Å². The lowest BCUT2D eigenvalue weighted by Gasteiger charge is -2.45. The van der Waals surface area contributed by atoms with Crippen LogP contribution < -0.4 is 0 Å². The first-order valence-electron chi connectivity index (χ1n) is 6.66. The fourth-order valence-electron chi connectivity index (χ4n) is 4.27. The first-order chi connectivity index (χ1) is 7.20. The second-order valence-electron chi connectivity index (χ2n) is 6.07. The Kier molecular flexibility index (Phi) is 2.21. The van der Waals surface area contributed by atoms with Crippen LogP contribution in [0.2, 0.25) is 0 Å². The largest absolute Gasteiger partial charge is 0.294 e. The second kappa shape index (κ2) is 3.35. The van der Waals surface area contributed by atoms with E-state index in [4.69, 9.17) is 0 Å². The smallest absolute Gasteiger partial charge is 0.0398 e. The zero-order valence-corrected chi connectivity index (χ0v) is 10.2.